The van der Waals surface area contributed by atoms with E-state index in [9.17, 15) is 0 Å². The van der Waals surface area contributed by atoms with E-state index in [1.807, 2.05) is 37.3 Å². The minimum atomic E-state index is -0.459. The van der Waals surface area contributed by atoms with Crippen molar-refractivity contribution in [3.05, 3.63) is 64.7 Å². The Morgan fingerprint density at radius 3 is 2.07 bits per heavy atom. The highest BCUT2D eigenvalue weighted by Crippen LogP contribution is 2.20. The zero-order chi connectivity index (χ0) is 20.1. The maximum atomic E-state index is 8.79. The molecule has 0 aliphatic carbocycles. The summed E-state index contributed by atoms with van der Waals surface area (Å²) >= 11 is 6.13. The lowest BCUT2D eigenvalue weighted by Crippen LogP contribution is -2.32. The minimum absolute atomic E-state index is 0.372. The van der Waals surface area contributed by atoms with Crippen LogP contribution in [0.15, 0.2) is 48.5 Å². The largest absolute Gasteiger partial charge is 0.494 e. The molecule has 6 heteroatoms. The number of halogens is 1. The Labute approximate surface area is 166 Å². The van der Waals surface area contributed by atoms with Gasteiger partial charge in [-0.3, -0.25) is 0 Å². The van der Waals surface area contributed by atoms with Gasteiger partial charge in [-0.05, 0) is 42.7 Å². The van der Waals surface area contributed by atoms with Crippen molar-refractivity contribution in [2.45, 2.75) is 32.0 Å². The van der Waals surface area contributed by atoms with Crippen LogP contribution in [0.1, 0.15) is 24.5 Å². The Morgan fingerprint density at radius 2 is 1.59 bits per heavy atom. The summed E-state index contributed by atoms with van der Waals surface area (Å²) in [5.41, 5.74) is 2.39. The molecule has 2 unspecified atom stereocenters. The second-order valence-electron chi connectivity index (χ2n) is 5.93. The van der Waals surface area contributed by atoms with Gasteiger partial charge in [0.2, 0.25) is 0 Å². The summed E-state index contributed by atoms with van der Waals surface area (Å²) in [4.78, 5) is 0. The topological polar surface area (TPSA) is 79.2 Å². The first-order valence-corrected chi connectivity index (χ1v) is 9.30. The summed E-state index contributed by atoms with van der Waals surface area (Å²) in [6, 6.07) is 16.1. The van der Waals surface area contributed by atoms with E-state index in [-0.39, 0.29) is 0 Å². The number of hydrogen-bond acceptors (Lipinski definition) is 5. The molecule has 2 aromatic carbocycles. The van der Waals surface area contributed by atoms with Crippen LogP contribution in [0.2, 0.25) is 5.02 Å². The second-order valence-corrected chi connectivity index (χ2v) is 6.33. The van der Waals surface area contributed by atoms with Crippen molar-refractivity contribution in [3.8, 4) is 5.75 Å². The Hall–Kier alpha value is -1.63. The van der Waals surface area contributed by atoms with Gasteiger partial charge in [0, 0.05) is 18.6 Å². The van der Waals surface area contributed by atoms with Gasteiger partial charge < -0.3 is 24.8 Å². The van der Waals surface area contributed by atoms with Crippen molar-refractivity contribution < 1.29 is 24.8 Å². The molecule has 0 radical (unpaired) electrons. The second kappa shape index (κ2) is 13.5. The zero-order valence-corrected chi connectivity index (χ0v) is 16.6. The number of hydrogen-bond donors (Lipinski definition) is 3. The molecule has 150 valence electrons. The maximum Gasteiger partial charge on any atom is 0.119 e. The van der Waals surface area contributed by atoms with Gasteiger partial charge in [0.1, 0.15) is 5.75 Å². The number of ether oxygens (including phenoxy) is 2. The molecule has 0 bridgehead atoms. The van der Waals surface area contributed by atoms with E-state index in [1.54, 1.807) is 0 Å². The molecule has 2 aromatic rings. The molecule has 0 saturated carbocycles. The third-order valence-corrected chi connectivity index (χ3v) is 4.12. The first-order chi connectivity index (χ1) is 13.1. The number of rotatable bonds is 4. The molecule has 5 nitrogen and oxygen atoms in total. The summed E-state index contributed by atoms with van der Waals surface area (Å²) in [7, 11) is 1.00. The van der Waals surface area contributed by atoms with Crippen LogP contribution in [-0.2, 0) is 11.2 Å². The smallest absolute Gasteiger partial charge is 0.119 e. The van der Waals surface area contributed by atoms with Gasteiger partial charge in [0.15, 0.2) is 0 Å². The van der Waals surface area contributed by atoms with Crippen LogP contribution < -0.4 is 4.74 Å². The quantitative estimate of drug-likeness (QED) is 0.740. The van der Waals surface area contributed by atoms with Crippen LogP contribution in [-0.4, -0.2) is 54.5 Å². The number of benzene rings is 2. The molecule has 27 heavy (non-hydrogen) atoms. The zero-order valence-electron chi connectivity index (χ0n) is 15.8. The molecule has 2 atom stereocenters. The third-order valence-electron chi connectivity index (χ3n) is 3.75. The van der Waals surface area contributed by atoms with Gasteiger partial charge in [-0.2, -0.15) is 0 Å². The summed E-state index contributed by atoms with van der Waals surface area (Å²) in [5.74, 6) is 0.912. The average Bonchev–Trinajstić information content (AvgIpc) is 2.67. The van der Waals surface area contributed by atoms with Gasteiger partial charge >= 0.3 is 0 Å². The third kappa shape index (κ3) is 9.22. The van der Waals surface area contributed by atoms with Gasteiger partial charge in [0.25, 0.3) is 0 Å². The van der Waals surface area contributed by atoms with Crippen molar-refractivity contribution in [2.75, 3.05) is 26.9 Å². The Bertz CT molecular complexity index is 625. The summed E-state index contributed by atoms with van der Waals surface area (Å²) in [6.07, 6.45) is 0.393. The van der Waals surface area contributed by atoms with E-state index < -0.39 is 12.2 Å². The first-order valence-electron chi connectivity index (χ1n) is 8.92. The predicted octanol–water partition coefficient (Wildman–Crippen LogP) is 3.07. The molecule has 0 spiro atoms. The lowest BCUT2D eigenvalue weighted by Gasteiger charge is -2.21. The molecule has 1 saturated heterocycles. The summed E-state index contributed by atoms with van der Waals surface area (Å²) in [5, 5.41) is 25.4. The van der Waals surface area contributed by atoms with Crippen LogP contribution in [0, 0.1) is 0 Å². The van der Waals surface area contributed by atoms with Crippen LogP contribution in [0.4, 0.5) is 0 Å². The molecule has 3 rings (SSSR count). The van der Waals surface area contributed by atoms with Crippen LogP contribution in [0.5, 0.6) is 5.75 Å². The monoisotopic (exact) mass is 396 g/mol. The fourth-order valence-electron chi connectivity index (χ4n) is 2.52. The molecule has 0 amide bonds. The lowest BCUT2D eigenvalue weighted by molar-refractivity contribution is -0.0714. The van der Waals surface area contributed by atoms with Crippen molar-refractivity contribution >= 4 is 11.6 Å². The number of aliphatic hydroxyl groups excluding tert-OH is 3. The minimum Gasteiger partial charge on any atom is -0.494 e. The molecule has 1 fully saturated rings. The van der Waals surface area contributed by atoms with Crippen molar-refractivity contribution in [1.82, 2.24) is 0 Å². The van der Waals surface area contributed by atoms with E-state index >= 15 is 0 Å². The average molecular weight is 397 g/mol. The normalized spacial score (nSPS) is 18.4. The fourth-order valence-corrected chi connectivity index (χ4v) is 2.72. The van der Waals surface area contributed by atoms with Gasteiger partial charge in [0.05, 0.1) is 32.0 Å². The molecule has 3 N–H and O–H groups in total. The van der Waals surface area contributed by atoms with Crippen LogP contribution >= 0.6 is 11.6 Å². The molecular weight excluding hydrogens is 368 g/mol. The van der Waals surface area contributed by atoms with E-state index in [0.717, 1.165) is 29.9 Å². The maximum absolute atomic E-state index is 8.79. The highest BCUT2D eigenvalue weighted by molar-refractivity contribution is 6.31. The van der Waals surface area contributed by atoms with Crippen molar-refractivity contribution in [1.29, 1.82) is 0 Å². The van der Waals surface area contributed by atoms with Gasteiger partial charge in [-0.25, -0.2) is 0 Å². The molecular formula is C21H29ClO5. The highest BCUT2D eigenvalue weighted by atomic mass is 35.5. The van der Waals surface area contributed by atoms with E-state index in [0.29, 0.717) is 26.2 Å². The Kier molecular flexibility index (Phi) is 11.7. The Balaban J connectivity index is 0.000000305. The summed E-state index contributed by atoms with van der Waals surface area (Å²) < 4.78 is 10.2. The standard InChI is InChI=1S/C15H15ClO.C5H10O3.CH4O/c1-2-17-14-9-7-12(8-10-14)11-13-5-3-4-6-15(13)16;6-4-1-5(7)3-8-2-4;1-2/h3-10H,2,11H2,1H3;4-7H,1-3H2;2H,1H3. The summed E-state index contributed by atoms with van der Waals surface area (Å²) in [6.45, 7) is 3.43. The van der Waals surface area contributed by atoms with Crippen molar-refractivity contribution in [3.63, 3.8) is 0 Å². The number of aliphatic hydroxyl groups is 3. The molecule has 1 aliphatic rings. The molecule has 0 aromatic heterocycles. The van der Waals surface area contributed by atoms with E-state index in [1.165, 1.54) is 5.56 Å². The van der Waals surface area contributed by atoms with Crippen LogP contribution in [0.25, 0.3) is 0 Å². The van der Waals surface area contributed by atoms with Crippen LogP contribution in [0.3, 0.4) is 0 Å². The van der Waals surface area contributed by atoms with E-state index in [2.05, 4.69) is 18.2 Å². The van der Waals surface area contributed by atoms with Gasteiger partial charge in [-0.15, -0.1) is 0 Å². The fraction of sp³-hybridized carbons (Fsp3) is 0.429. The lowest BCUT2D eigenvalue weighted by atomic mass is 10.1. The predicted molar refractivity (Wildman–Crippen MR) is 107 cm³/mol. The molecule has 1 heterocycles. The SMILES string of the molecule is CCOc1ccc(Cc2ccccc2Cl)cc1.CO.OC1COCC(O)C1. The highest BCUT2D eigenvalue weighted by Gasteiger charge is 2.17. The van der Waals surface area contributed by atoms with E-state index in [4.69, 9.17) is 36.4 Å². The molecule has 1 aliphatic heterocycles. The Morgan fingerprint density at radius 1 is 1.00 bits per heavy atom. The van der Waals surface area contributed by atoms with Crippen molar-refractivity contribution in [2.24, 2.45) is 0 Å². The van der Waals surface area contributed by atoms with Gasteiger partial charge in [-0.1, -0.05) is 41.9 Å². The first kappa shape index (κ1) is 23.4.